The number of hydrogen-bond acceptors (Lipinski definition) is 4. The number of ketones is 1. The van der Waals surface area contributed by atoms with Crippen LogP contribution in [0.25, 0.3) is 0 Å². The Kier molecular flexibility index (Phi) is 5.52. The summed E-state index contributed by atoms with van der Waals surface area (Å²) in [6.07, 6.45) is 0.485. The molecule has 0 unspecified atom stereocenters. The Bertz CT molecular complexity index is 401. The molecule has 1 atom stereocenters. The molecule has 0 aliphatic carbocycles. The van der Waals surface area contributed by atoms with Crippen LogP contribution in [-0.4, -0.2) is 17.8 Å². The summed E-state index contributed by atoms with van der Waals surface area (Å²) in [5.41, 5.74) is 6.48. The summed E-state index contributed by atoms with van der Waals surface area (Å²) in [6.45, 7) is 3.99. The number of carbonyl (C=O) groups is 2. The first-order valence-corrected chi connectivity index (χ1v) is 6.01. The van der Waals surface area contributed by atoms with Gasteiger partial charge in [-0.2, -0.15) is 0 Å². The van der Waals surface area contributed by atoms with Crippen LogP contribution in [0, 0.1) is 5.92 Å². The third-order valence-corrected chi connectivity index (χ3v) is 2.48. The zero-order valence-corrected chi connectivity index (χ0v) is 10.8. The van der Waals surface area contributed by atoms with Crippen molar-refractivity contribution in [2.24, 2.45) is 11.7 Å². The van der Waals surface area contributed by atoms with Gasteiger partial charge in [-0.1, -0.05) is 44.2 Å². The standard InChI is InChI=1S/C14H19NO3/c1-10(2)8-12(15)13(16)14(17)18-9-11-6-4-3-5-7-11/h3-7,10,12H,8-9,15H2,1-2H3/t12-/m0/s1. The number of nitrogens with two attached hydrogens (primary N) is 1. The van der Waals surface area contributed by atoms with E-state index in [0.717, 1.165) is 5.56 Å². The van der Waals surface area contributed by atoms with Gasteiger partial charge < -0.3 is 10.5 Å². The second-order valence-corrected chi connectivity index (χ2v) is 4.66. The fourth-order valence-electron chi connectivity index (χ4n) is 1.56. The second kappa shape index (κ2) is 6.91. The summed E-state index contributed by atoms with van der Waals surface area (Å²) in [5, 5.41) is 0. The highest BCUT2D eigenvalue weighted by atomic mass is 16.5. The number of Topliss-reactive ketones (excluding diaryl/α,β-unsaturated/α-hetero) is 1. The first kappa shape index (κ1) is 14.4. The topological polar surface area (TPSA) is 69.4 Å². The average Bonchev–Trinajstić information content (AvgIpc) is 2.35. The Labute approximate surface area is 107 Å². The maximum atomic E-state index is 11.6. The van der Waals surface area contributed by atoms with E-state index in [1.165, 1.54) is 0 Å². The summed E-state index contributed by atoms with van der Waals surface area (Å²) in [6, 6.07) is 8.44. The molecule has 0 fully saturated rings. The third-order valence-electron chi connectivity index (χ3n) is 2.48. The molecule has 18 heavy (non-hydrogen) atoms. The Morgan fingerprint density at radius 1 is 1.22 bits per heavy atom. The summed E-state index contributed by atoms with van der Waals surface area (Å²) in [5.74, 6) is -1.24. The van der Waals surface area contributed by atoms with Gasteiger partial charge in [-0.3, -0.25) is 4.79 Å². The fraction of sp³-hybridized carbons (Fsp3) is 0.429. The maximum Gasteiger partial charge on any atom is 0.376 e. The Balaban J connectivity index is 2.43. The van der Waals surface area contributed by atoms with E-state index in [4.69, 9.17) is 10.5 Å². The molecule has 4 heteroatoms. The van der Waals surface area contributed by atoms with E-state index in [2.05, 4.69) is 0 Å². The van der Waals surface area contributed by atoms with Crippen LogP contribution >= 0.6 is 0 Å². The summed E-state index contributed by atoms with van der Waals surface area (Å²) in [7, 11) is 0. The van der Waals surface area contributed by atoms with E-state index in [1.807, 2.05) is 44.2 Å². The van der Waals surface area contributed by atoms with Crippen LogP contribution in [0.2, 0.25) is 0 Å². The summed E-state index contributed by atoms with van der Waals surface area (Å²) < 4.78 is 4.92. The molecule has 0 aromatic heterocycles. The molecule has 0 radical (unpaired) electrons. The minimum Gasteiger partial charge on any atom is -0.455 e. The van der Waals surface area contributed by atoms with Gasteiger partial charge in [0.15, 0.2) is 0 Å². The molecule has 0 heterocycles. The predicted octanol–water partition coefficient (Wildman–Crippen LogP) is 1.67. The van der Waals surface area contributed by atoms with Crippen LogP contribution in [-0.2, 0) is 20.9 Å². The lowest BCUT2D eigenvalue weighted by atomic mass is 10.0. The van der Waals surface area contributed by atoms with Crippen LogP contribution in [0.4, 0.5) is 0 Å². The van der Waals surface area contributed by atoms with Crippen LogP contribution in [0.3, 0.4) is 0 Å². The molecule has 98 valence electrons. The van der Waals surface area contributed by atoms with E-state index >= 15 is 0 Å². The molecule has 2 N–H and O–H groups in total. The molecule has 0 aliphatic heterocycles. The second-order valence-electron chi connectivity index (χ2n) is 4.66. The largest absolute Gasteiger partial charge is 0.455 e. The SMILES string of the molecule is CC(C)C[C@H](N)C(=O)C(=O)OCc1ccccc1. The van der Waals surface area contributed by atoms with Gasteiger partial charge in [0.1, 0.15) is 6.61 Å². The van der Waals surface area contributed by atoms with Crippen molar-refractivity contribution in [1.82, 2.24) is 0 Å². The molecule has 0 aliphatic rings. The van der Waals surface area contributed by atoms with Crippen LogP contribution in [0.1, 0.15) is 25.8 Å². The lowest BCUT2D eigenvalue weighted by molar-refractivity contribution is -0.155. The molecule has 0 amide bonds. The first-order chi connectivity index (χ1) is 8.50. The minimum absolute atomic E-state index is 0.0970. The highest BCUT2D eigenvalue weighted by Gasteiger charge is 2.23. The molecule has 1 aromatic carbocycles. The number of esters is 1. The number of rotatable bonds is 6. The van der Waals surface area contributed by atoms with Gasteiger partial charge in [-0.25, -0.2) is 4.79 Å². The normalized spacial score (nSPS) is 12.2. The maximum absolute atomic E-state index is 11.6. The fourth-order valence-corrected chi connectivity index (χ4v) is 1.56. The Hall–Kier alpha value is -1.68. The smallest absolute Gasteiger partial charge is 0.376 e. The third kappa shape index (κ3) is 4.67. The van der Waals surface area contributed by atoms with Crippen molar-refractivity contribution in [2.75, 3.05) is 0 Å². The molecule has 0 saturated carbocycles. The van der Waals surface area contributed by atoms with Gasteiger partial charge in [0.05, 0.1) is 6.04 Å². The Morgan fingerprint density at radius 2 is 1.83 bits per heavy atom. The molecular formula is C14H19NO3. The molecule has 0 spiro atoms. The van der Waals surface area contributed by atoms with Crippen molar-refractivity contribution < 1.29 is 14.3 Å². The zero-order chi connectivity index (χ0) is 13.5. The molecule has 1 aromatic rings. The van der Waals surface area contributed by atoms with Gasteiger partial charge in [0.2, 0.25) is 0 Å². The van der Waals surface area contributed by atoms with E-state index < -0.39 is 17.8 Å². The zero-order valence-electron chi connectivity index (χ0n) is 10.8. The summed E-state index contributed by atoms with van der Waals surface area (Å²) >= 11 is 0. The van der Waals surface area contributed by atoms with Gasteiger partial charge in [-0.15, -0.1) is 0 Å². The van der Waals surface area contributed by atoms with Crippen molar-refractivity contribution in [3.05, 3.63) is 35.9 Å². The monoisotopic (exact) mass is 249 g/mol. The van der Waals surface area contributed by atoms with Crippen LogP contribution in [0.15, 0.2) is 30.3 Å². The predicted molar refractivity (Wildman–Crippen MR) is 68.7 cm³/mol. The van der Waals surface area contributed by atoms with E-state index in [0.29, 0.717) is 6.42 Å². The van der Waals surface area contributed by atoms with E-state index in [1.54, 1.807) is 0 Å². The lowest BCUT2D eigenvalue weighted by Crippen LogP contribution is -2.37. The molecule has 0 bridgehead atoms. The van der Waals surface area contributed by atoms with Gasteiger partial charge in [0.25, 0.3) is 5.78 Å². The number of benzene rings is 1. The Morgan fingerprint density at radius 3 is 2.39 bits per heavy atom. The van der Waals surface area contributed by atoms with E-state index in [-0.39, 0.29) is 12.5 Å². The minimum atomic E-state index is -0.855. The van der Waals surface area contributed by atoms with E-state index in [9.17, 15) is 9.59 Å². The molecule has 4 nitrogen and oxygen atoms in total. The van der Waals surface area contributed by atoms with Crippen molar-refractivity contribution in [2.45, 2.75) is 32.9 Å². The first-order valence-electron chi connectivity index (χ1n) is 6.01. The highest BCUT2D eigenvalue weighted by Crippen LogP contribution is 2.06. The molecular weight excluding hydrogens is 230 g/mol. The lowest BCUT2D eigenvalue weighted by Gasteiger charge is -2.12. The molecule has 0 saturated heterocycles. The highest BCUT2D eigenvalue weighted by molar-refractivity contribution is 6.35. The quantitative estimate of drug-likeness (QED) is 0.615. The molecule has 1 rings (SSSR count). The average molecular weight is 249 g/mol. The van der Waals surface area contributed by atoms with Crippen molar-refractivity contribution in [3.63, 3.8) is 0 Å². The van der Waals surface area contributed by atoms with Crippen molar-refractivity contribution >= 4 is 11.8 Å². The number of hydrogen-bond donors (Lipinski definition) is 1. The van der Waals surface area contributed by atoms with Gasteiger partial charge in [-0.05, 0) is 17.9 Å². The summed E-state index contributed by atoms with van der Waals surface area (Å²) in [4.78, 5) is 23.1. The van der Waals surface area contributed by atoms with Crippen LogP contribution in [0.5, 0.6) is 0 Å². The van der Waals surface area contributed by atoms with Crippen molar-refractivity contribution in [1.29, 1.82) is 0 Å². The van der Waals surface area contributed by atoms with Crippen molar-refractivity contribution in [3.8, 4) is 0 Å². The van der Waals surface area contributed by atoms with Crippen LogP contribution < -0.4 is 5.73 Å². The van der Waals surface area contributed by atoms with Gasteiger partial charge >= 0.3 is 5.97 Å². The number of ether oxygens (including phenoxy) is 1. The van der Waals surface area contributed by atoms with Gasteiger partial charge in [0, 0.05) is 0 Å². The number of carbonyl (C=O) groups excluding carboxylic acids is 2.